The van der Waals surface area contributed by atoms with Gasteiger partial charge in [-0.15, -0.1) is 0 Å². The second kappa shape index (κ2) is 12.7. The predicted molar refractivity (Wildman–Crippen MR) is 233 cm³/mol. The fourth-order valence-electron chi connectivity index (χ4n) is 11.5. The molecule has 2 saturated carbocycles. The Bertz CT molecular complexity index is 2760. The third-order valence-electron chi connectivity index (χ3n) is 13.9. The Hall–Kier alpha value is -5.60. The van der Waals surface area contributed by atoms with E-state index < -0.39 is 5.41 Å². The van der Waals surface area contributed by atoms with Gasteiger partial charge in [-0.25, -0.2) is 0 Å². The van der Waals surface area contributed by atoms with E-state index in [0.717, 1.165) is 51.7 Å². The first-order chi connectivity index (χ1) is 27.6. The van der Waals surface area contributed by atoms with Crippen LogP contribution in [0.15, 0.2) is 133 Å². The van der Waals surface area contributed by atoms with Gasteiger partial charge >= 0.3 is 0 Å². The van der Waals surface area contributed by atoms with E-state index in [0.29, 0.717) is 17.9 Å². The maximum atomic E-state index is 10.00. The molecule has 2 nitrogen and oxygen atoms in total. The second-order valence-corrected chi connectivity index (χ2v) is 16.7. The third-order valence-corrected chi connectivity index (χ3v) is 13.9. The Kier molecular flexibility index (Phi) is 7.35. The quantitative estimate of drug-likeness (QED) is 0.138. The van der Waals surface area contributed by atoms with E-state index in [1.54, 1.807) is 0 Å². The summed E-state index contributed by atoms with van der Waals surface area (Å²) < 4.78 is 10.00. The van der Waals surface area contributed by atoms with Crippen molar-refractivity contribution in [3.05, 3.63) is 167 Å². The minimum absolute atomic E-state index is 0.379. The molecule has 0 unspecified atom stereocenters. The highest BCUT2D eigenvalue weighted by Crippen LogP contribution is 2.57. The molecule has 3 aliphatic rings. The molecule has 2 heteroatoms. The van der Waals surface area contributed by atoms with Crippen LogP contribution in [-0.2, 0) is 5.41 Å². The van der Waals surface area contributed by atoms with Gasteiger partial charge in [-0.1, -0.05) is 166 Å². The number of nitrogens with two attached hydrogens (primary N) is 2. The average molecular weight is 714 g/mol. The molecule has 0 aliphatic heterocycles. The van der Waals surface area contributed by atoms with Crippen molar-refractivity contribution in [1.29, 1.82) is 0 Å². The number of anilines is 2. The molecule has 4 N–H and O–H groups in total. The van der Waals surface area contributed by atoms with E-state index >= 15 is 0 Å². The van der Waals surface area contributed by atoms with Crippen LogP contribution in [0.3, 0.4) is 0 Å². The number of benzene rings is 8. The lowest BCUT2D eigenvalue weighted by Gasteiger charge is -2.34. The minimum atomic E-state index is -0.552. The molecule has 8 aromatic carbocycles. The Balaban J connectivity index is 1.17. The van der Waals surface area contributed by atoms with Crippen LogP contribution in [0.1, 0.15) is 111 Å². The molecular weight excluding hydrogens is 665 g/mol. The van der Waals surface area contributed by atoms with Crippen molar-refractivity contribution < 1.29 is 1.37 Å². The molecule has 0 heterocycles. The second-order valence-electron chi connectivity index (χ2n) is 16.7. The van der Waals surface area contributed by atoms with Gasteiger partial charge in [0, 0.05) is 27.7 Å². The molecule has 0 saturated heterocycles. The van der Waals surface area contributed by atoms with Crippen LogP contribution in [0, 0.1) is 0 Å². The highest BCUT2D eigenvalue weighted by Gasteiger charge is 2.45. The fraction of sp³-hybridized carbons (Fsp3) is 0.245. The topological polar surface area (TPSA) is 52.0 Å². The van der Waals surface area contributed by atoms with Gasteiger partial charge in [0.25, 0.3) is 0 Å². The van der Waals surface area contributed by atoms with Crippen LogP contribution < -0.4 is 11.5 Å². The molecule has 0 atom stereocenters. The van der Waals surface area contributed by atoms with Crippen molar-refractivity contribution in [2.75, 3.05) is 11.5 Å². The zero-order valence-electron chi connectivity index (χ0n) is 32.5. The highest BCUT2D eigenvalue weighted by atomic mass is 14.6. The first-order valence-electron chi connectivity index (χ1n) is 21.2. The summed E-state index contributed by atoms with van der Waals surface area (Å²) in [5, 5.41) is 7.38. The van der Waals surface area contributed by atoms with Gasteiger partial charge in [0.05, 0.1) is 6.79 Å². The number of fused-ring (bicyclic) bond motifs is 3. The summed E-state index contributed by atoms with van der Waals surface area (Å²) >= 11 is 0. The van der Waals surface area contributed by atoms with Crippen molar-refractivity contribution in [3.8, 4) is 22.3 Å². The van der Waals surface area contributed by atoms with E-state index in [9.17, 15) is 1.37 Å². The summed E-state index contributed by atoms with van der Waals surface area (Å²) in [6.45, 7) is 0. The Morgan fingerprint density at radius 2 is 1.07 bits per heavy atom. The molecule has 0 amide bonds. The predicted octanol–water partition coefficient (Wildman–Crippen LogP) is 13.9. The molecule has 2 fully saturated rings. The van der Waals surface area contributed by atoms with E-state index in [4.69, 9.17) is 11.5 Å². The van der Waals surface area contributed by atoms with Crippen molar-refractivity contribution >= 4 is 43.7 Å². The minimum Gasteiger partial charge on any atom is -0.398 e. The van der Waals surface area contributed by atoms with Crippen LogP contribution in [0.4, 0.5) is 11.4 Å². The van der Waals surface area contributed by atoms with Crippen molar-refractivity contribution in [1.82, 2.24) is 0 Å². The van der Waals surface area contributed by atoms with E-state index in [2.05, 4.69) is 127 Å². The van der Waals surface area contributed by atoms with E-state index in [1.165, 1.54) is 112 Å². The first-order valence-corrected chi connectivity index (χ1v) is 20.7. The average Bonchev–Trinajstić information content (AvgIpc) is 3.56. The Morgan fingerprint density at radius 3 is 1.76 bits per heavy atom. The van der Waals surface area contributed by atoms with Crippen LogP contribution in [0.2, 0.25) is 0 Å². The lowest BCUT2D eigenvalue weighted by atomic mass is 9.67. The number of hydrogen-bond acceptors (Lipinski definition) is 2. The summed E-state index contributed by atoms with van der Waals surface area (Å²) in [6, 6.07) is 47.2. The largest absolute Gasteiger partial charge is 0.398 e. The summed E-state index contributed by atoms with van der Waals surface area (Å²) in [6.07, 6.45) is 12.4. The summed E-state index contributed by atoms with van der Waals surface area (Å²) in [5.74, 6) is 0.924. The fourth-order valence-corrected chi connectivity index (χ4v) is 11.5. The van der Waals surface area contributed by atoms with Crippen LogP contribution in [0.5, 0.6) is 0 Å². The molecule has 0 aromatic heterocycles. The molecule has 55 heavy (non-hydrogen) atoms. The zero-order valence-corrected chi connectivity index (χ0v) is 31.5. The van der Waals surface area contributed by atoms with Gasteiger partial charge in [-0.05, 0) is 115 Å². The lowest BCUT2D eigenvalue weighted by molar-refractivity contribution is 0.445. The normalized spacial score (nSPS) is 17.5. The van der Waals surface area contributed by atoms with E-state index in [-0.39, 0.29) is 0 Å². The first kappa shape index (κ1) is 31.7. The smallest absolute Gasteiger partial charge is 0.0713 e. The molecule has 0 radical (unpaired) electrons. The van der Waals surface area contributed by atoms with Crippen molar-refractivity contribution in [2.24, 2.45) is 0 Å². The van der Waals surface area contributed by atoms with Gasteiger partial charge in [-0.3, -0.25) is 0 Å². The molecule has 0 bridgehead atoms. The van der Waals surface area contributed by atoms with Gasteiger partial charge in [0.2, 0.25) is 0 Å². The maximum Gasteiger partial charge on any atom is 0.0713 e. The van der Waals surface area contributed by atoms with Gasteiger partial charge < -0.3 is 11.5 Å². The van der Waals surface area contributed by atoms with Crippen molar-refractivity contribution in [2.45, 2.75) is 81.5 Å². The van der Waals surface area contributed by atoms with E-state index in [1.807, 2.05) is 0 Å². The summed E-state index contributed by atoms with van der Waals surface area (Å²) in [4.78, 5) is 0. The Labute approximate surface area is 325 Å². The maximum absolute atomic E-state index is 10.00. The number of rotatable bonds is 5. The van der Waals surface area contributed by atoms with Crippen LogP contribution in [-0.4, -0.2) is 0 Å². The monoisotopic (exact) mass is 713 g/mol. The SMILES string of the molecule is [2H]c1cc(C2(c3ccccc3)c3ccccc3-c3ccccc32)ccc1-c1c(N)c2ccc3c(C4CCCCC4)cc(N)c4ccc(c1C1CCCCC1)c2c43. The summed E-state index contributed by atoms with van der Waals surface area (Å²) in [7, 11) is 0. The van der Waals surface area contributed by atoms with Gasteiger partial charge in [-0.2, -0.15) is 0 Å². The third kappa shape index (κ3) is 4.73. The van der Waals surface area contributed by atoms with Gasteiger partial charge in [0.1, 0.15) is 0 Å². The molecule has 3 aliphatic carbocycles. The molecule has 0 spiro atoms. The molecular formula is C53H48N2. The molecule has 11 rings (SSSR count). The highest BCUT2D eigenvalue weighted by molar-refractivity contribution is 6.30. The van der Waals surface area contributed by atoms with Crippen LogP contribution >= 0.6 is 0 Å². The number of nitrogen functional groups attached to an aromatic ring is 2. The van der Waals surface area contributed by atoms with Crippen LogP contribution in [0.25, 0.3) is 54.6 Å². The zero-order chi connectivity index (χ0) is 37.5. The number of hydrogen-bond donors (Lipinski definition) is 2. The molecule has 270 valence electrons. The summed E-state index contributed by atoms with van der Waals surface area (Å²) in [5.41, 5.74) is 27.7. The Morgan fingerprint density at radius 1 is 0.509 bits per heavy atom. The standard InChI is InChI=1S/C53H48N2/c54-47-32-44(33-14-4-1-5-15-33)40-28-31-43-51-42(30-29-41(47)50(40)51)48(34-16-6-2-7-17-34)49(52(43)55)35-24-26-37(27-25-35)53(36-18-8-3-9-19-36)45-22-12-10-20-38(45)39-21-11-13-23-46(39)53/h3,8-13,18-34H,1-2,4-7,14-17,54-55H2/i24D. The lowest BCUT2D eigenvalue weighted by Crippen LogP contribution is -2.28. The van der Waals surface area contributed by atoms with Crippen molar-refractivity contribution in [3.63, 3.8) is 0 Å². The van der Waals surface area contributed by atoms with Gasteiger partial charge in [0.15, 0.2) is 0 Å². The molecule has 8 aromatic rings.